The van der Waals surface area contributed by atoms with E-state index in [2.05, 4.69) is 18.7 Å². The number of carboxylic acids is 1. The third kappa shape index (κ3) is 3.33. The second-order valence-corrected chi connectivity index (χ2v) is 5.10. The lowest BCUT2D eigenvalue weighted by Gasteiger charge is -2.38. The Morgan fingerprint density at radius 2 is 2.21 bits per heavy atom. The Hall–Kier alpha value is -1.39. The third-order valence-corrected chi connectivity index (χ3v) is 3.67. The van der Waals surface area contributed by atoms with Gasteiger partial charge in [0.25, 0.3) is 0 Å². The molecule has 1 aromatic rings. The zero-order valence-electron chi connectivity index (χ0n) is 11.5. The molecule has 0 radical (unpaired) electrons. The largest absolute Gasteiger partial charge is 0.478 e. The molecule has 2 atom stereocenters. The summed E-state index contributed by atoms with van der Waals surface area (Å²) in [5, 5.41) is 9.23. The number of ether oxygens (including phenoxy) is 1. The first-order chi connectivity index (χ1) is 9.11. The normalized spacial score (nSPS) is 24.3. The molecular formula is C15H21NO3. The second-order valence-electron chi connectivity index (χ2n) is 5.10. The van der Waals surface area contributed by atoms with Crippen molar-refractivity contribution in [2.75, 3.05) is 13.2 Å². The summed E-state index contributed by atoms with van der Waals surface area (Å²) in [7, 11) is 0. The monoisotopic (exact) mass is 263 g/mol. The van der Waals surface area contributed by atoms with Gasteiger partial charge in [0, 0.05) is 19.1 Å². The van der Waals surface area contributed by atoms with E-state index in [1.54, 1.807) is 12.1 Å². The molecular weight excluding hydrogens is 242 g/mol. The van der Waals surface area contributed by atoms with Gasteiger partial charge < -0.3 is 9.84 Å². The first-order valence-corrected chi connectivity index (χ1v) is 6.78. The van der Waals surface area contributed by atoms with E-state index in [9.17, 15) is 9.90 Å². The van der Waals surface area contributed by atoms with Gasteiger partial charge in [-0.15, -0.1) is 0 Å². The summed E-state index contributed by atoms with van der Waals surface area (Å²) in [5.41, 5.74) is 1.28. The summed E-state index contributed by atoms with van der Waals surface area (Å²) in [5.74, 6) is -0.857. The summed E-state index contributed by atoms with van der Waals surface area (Å²) >= 11 is 0. The molecule has 1 saturated heterocycles. The number of carboxylic acid groups (broad SMARTS) is 1. The number of benzene rings is 1. The van der Waals surface area contributed by atoms with Gasteiger partial charge in [-0.05, 0) is 25.0 Å². The molecule has 0 amide bonds. The topological polar surface area (TPSA) is 49.8 Å². The van der Waals surface area contributed by atoms with Gasteiger partial charge in [0.2, 0.25) is 0 Å². The van der Waals surface area contributed by atoms with Crippen LogP contribution in [-0.2, 0) is 11.3 Å². The number of nitrogens with zero attached hydrogens (tertiary/aromatic N) is 1. The molecule has 0 spiro atoms. The molecule has 0 bridgehead atoms. The van der Waals surface area contributed by atoms with E-state index >= 15 is 0 Å². The van der Waals surface area contributed by atoms with Gasteiger partial charge in [-0.3, -0.25) is 4.90 Å². The van der Waals surface area contributed by atoms with Gasteiger partial charge in [0.1, 0.15) is 0 Å². The molecule has 1 aromatic carbocycles. The fraction of sp³-hybridized carbons (Fsp3) is 0.533. The van der Waals surface area contributed by atoms with Crippen LogP contribution in [0.25, 0.3) is 0 Å². The Labute approximate surface area is 114 Å². The summed E-state index contributed by atoms with van der Waals surface area (Å²) < 4.78 is 5.67. The maximum Gasteiger partial charge on any atom is 0.336 e. The van der Waals surface area contributed by atoms with Gasteiger partial charge >= 0.3 is 5.97 Å². The molecule has 0 saturated carbocycles. The standard InChI is InChI=1S/C15H21NO3/c1-3-13-10-19-11(2)8-16(13)9-12-6-4-5-7-14(12)15(17)18/h4-7,11,13H,3,8-10H2,1-2H3,(H,17,18). The zero-order chi connectivity index (χ0) is 13.8. The molecule has 19 heavy (non-hydrogen) atoms. The molecule has 2 rings (SSSR count). The first kappa shape index (κ1) is 14.0. The Balaban J connectivity index is 2.17. The SMILES string of the molecule is CCC1COC(C)CN1Cc1ccccc1C(=O)O. The molecule has 2 unspecified atom stereocenters. The number of hydrogen-bond acceptors (Lipinski definition) is 3. The van der Waals surface area contributed by atoms with Crippen LogP contribution in [-0.4, -0.2) is 41.3 Å². The number of carbonyl (C=O) groups is 1. The molecule has 1 aliphatic heterocycles. The van der Waals surface area contributed by atoms with Crippen molar-refractivity contribution in [3.05, 3.63) is 35.4 Å². The maximum atomic E-state index is 11.2. The summed E-state index contributed by atoms with van der Waals surface area (Å²) in [6.45, 7) is 6.45. The number of aromatic carboxylic acids is 1. The van der Waals surface area contributed by atoms with E-state index < -0.39 is 5.97 Å². The van der Waals surface area contributed by atoms with Crippen molar-refractivity contribution in [3.8, 4) is 0 Å². The molecule has 1 aliphatic rings. The highest BCUT2D eigenvalue weighted by atomic mass is 16.5. The predicted molar refractivity (Wildman–Crippen MR) is 73.3 cm³/mol. The average Bonchev–Trinajstić information content (AvgIpc) is 2.39. The minimum atomic E-state index is -0.857. The lowest BCUT2D eigenvalue weighted by molar-refractivity contribution is -0.0592. The minimum absolute atomic E-state index is 0.208. The highest BCUT2D eigenvalue weighted by molar-refractivity contribution is 5.89. The number of hydrogen-bond donors (Lipinski definition) is 1. The molecule has 4 heteroatoms. The van der Waals surface area contributed by atoms with Crippen LogP contribution >= 0.6 is 0 Å². The van der Waals surface area contributed by atoms with Crippen LogP contribution in [0.5, 0.6) is 0 Å². The smallest absolute Gasteiger partial charge is 0.336 e. The van der Waals surface area contributed by atoms with Crippen molar-refractivity contribution in [2.45, 2.75) is 39.0 Å². The Kier molecular flexibility index (Phi) is 4.56. The highest BCUT2D eigenvalue weighted by Crippen LogP contribution is 2.19. The van der Waals surface area contributed by atoms with Crippen molar-refractivity contribution in [1.82, 2.24) is 4.90 Å². The Bertz CT molecular complexity index is 447. The average molecular weight is 263 g/mol. The van der Waals surface area contributed by atoms with Gasteiger partial charge in [0.15, 0.2) is 0 Å². The van der Waals surface area contributed by atoms with Crippen LogP contribution in [0.15, 0.2) is 24.3 Å². The van der Waals surface area contributed by atoms with Gasteiger partial charge in [0.05, 0.1) is 18.3 Å². The van der Waals surface area contributed by atoms with Crippen LogP contribution in [0.2, 0.25) is 0 Å². The van der Waals surface area contributed by atoms with Crippen LogP contribution in [0.3, 0.4) is 0 Å². The molecule has 0 aromatic heterocycles. The lowest BCUT2D eigenvalue weighted by atomic mass is 10.0. The van der Waals surface area contributed by atoms with E-state index in [1.807, 2.05) is 12.1 Å². The third-order valence-electron chi connectivity index (χ3n) is 3.67. The summed E-state index contributed by atoms with van der Waals surface area (Å²) in [4.78, 5) is 13.6. The van der Waals surface area contributed by atoms with Crippen LogP contribution in [0.1, 0.15) is 36.2 Å². The fourth-order valence-electron chi connectivity index (χ4n) is 2.57. The molecule has 104 valence electrons. The Morgan fingerprint density at radius 1 is 1.47 bits per heavy atom. The Morgan fingerprint density at radius 3 is 2.89 bits per heavy atom. The van der Waals surface area contributed by atoms with E-state index in [1.165, 1.54) is 0 Å². The van der Waals surface area contributed by atoms with Gasteiger partial charge in [-0.2, -0.15) is 0 Å². The fourth-order valence-corrected chi connectivity index (χ4v) is 2.57. The van der Waals surface area contributed by atoms with Crippen LogP contribution in [0.4, 0.5) is 0 Å². The van der Waals surface area contributed by atoms with E-state index in [0.29, 0.717) is 18.2 Å². The minimum Gasteiger partial charge on any atom is -0.478 e. The first-order valence-electron chi connectivity index (χ1n) is 6.78. The van der Waals surface area contributed by atoms with Crippen molar-refractivity contribution >= 4 is 5.97 Å². The van der Waals surface area contributed by atoms with E-state index in [-0.39, 0.29) is 6.10 Å². The lowest BCUT2D eigenvalue weighted by Crippen LogP contribution is -2.48. The molecule has 1 N–H and O–H groups in total. The van der Waals surface area contributed by atoms with Crippen molar-refractivity contribution in [2.24, 2.45) is 0 Å². The van der Waals surface area contributed by atoms with Crippen molar-refractivity contribution in [3.63, 3.8) is 0 Å². The van der Waals surface area contributed by atoms with E-state index in [4.69, 9.17) is 4.74 Å². The number of rotatable bonds is 4. The van der Waals surface area contributed by atoms with Crippen LogP contribution in [0, 0.1) is 0 Å². The summed E-state index contributed by atoms with van der Waals surface area (Å²) in [6.07, 6.45) is 1.22. The molecule has 1 heterocycles. The van der Waals surface area contributed by atoms with Crippen molar-refractivity contribution in [1.29, 1.82) is 0 Å². The molecule has 1 fully saturated rings. The number of morpholine rings is 1. The van der Waals surface area contributed by atoms with Gasteiger partial charge in [-0.25, -0.2) is 4.79 Å². The van der Waals surface area contributed by atoms with E-state index in [0.717, 1.165) is 25.1 Å². The quantitative estimate of drug-likeness (QED) is 0.906. The molecule has 0 aliphatic carbocycles. The van der Waals surface area contributed by atoms with Gasteiger partial charge in [-0.1, -0.05) is 25.1 Å². The highest BCUT2D eigenvalue weighted by Gasteiger charge is 2.26. The zero-order valence-corrected chi connectivity index (χ0v) is 11.5. The maximum absolute atomic E-state index is 11.2. The predicted octanol–water partition coefficient (Wildman–Crippen LogP) is 2.38. The van der Waals surface area contributed by atoms with Crippen molar-refractivity contribution < 1.29 is 14.6 Å². The second kappa shape index (κ2) is 6.17. The summed E-state index contributed by atoms with van der Waals surface area (Å²) in [6, 6.07) is 7.61. The van der Waals surface area contributed by atoms with Crippen LogP contribution < -0.4 is 0 Å². The molecule has 4 nitrogen and oxygen atoms in total.